The Hall–Kier alpha value is -3.91. The summed E-state index contributed by atoms with van der Waals surface area (Å²) in [6.45, 7) is 14.1. The van der Waals surface area contributed by atoms with Gasteiger partial charge in [-0.2, -0.15) is 0 Å². The molecule has 1 aliphatic heterocycles. The van der Waals surface area contributed by atoms with Crippen LogP contribution in [0.3, 0.4) is 0 Å². The van der Waals surface area contributed by atoms with E-state index in [9.17, 15) is 19.2 Å². The third-order valence-electron chi connectivity index (χ3n) is 10.9. The zero-order valence-electron chi connectivity index (χ0n) is 34.4. The Morgan fingerprint density at radius 1 is 1.00 bits per heavy atom. The van der Waals surface area contributed by atoms with E-state index in [0.717, 1.165) is 18.4 Å². The van der Waals surface area contributed by atoms with Crippen LogP contribution in [0, 0.1) is 23.7 Å². The van der Waals surface area contributed by atoms with Crippen molar-refractivity contribution in [3.63, 3.8) is 0 Å². The molecule has 0 aliphatic carbocycles. The SMILES string of the molecule is CC[C@H](C)[C@@H]([C@@H](CC(=O)N1CCC[C@H]1[C@H](OC)[C@@H](C)C(=O)N[C@H](CN=[N+]=[N-])Cc1ccc(N)cc1)OC)N(C)C(=O)[C@@H](NC(=O)[C@@H](NC)C(C)C)C(C)C. The number of carbonyl (C=O) groups excluding carboxylic acids is 4. The Morgan fingerprint density at radius 2 is 1.63 bits per heavy atom. The number of hydrogen-bond acceptors (Lipinski definition) is 9. The minimum Gasteiger partial charge on any atom is -0.399 e. The van der Waals surface area contributed by atoms with Crippen LogP contribution in [-0.2, 0) is 35.1 Å². The summed E-state index contributed by atoms with van der Waals surface area (Å²) < 4.78 is 12.0. The fourth-order valence-corrected chi connectivity index (χ4v) is 7.62. The zero-order valence-corrected chi connectivity index (χ0v) is 34.4. The molecule has 1 heterocycles. The number of nitrogens with zero attached hydrogens (tertiary/aromatic N) is 5. The minimum atomic E-state index is -0.771. The van der Waals surface area contributed by atoms with Gasteiger partial charge in [0.1, 0.15) is 6.04 Å². The third kappa shape index (κ3) is 12.6. The third-order valence-corrected chi connectivity index (χ3v) is 10.9. The van der Waals surface area contributed by atoms with E-state index in [4.69, 9.17) is 20.7 Å². The number of benzene rings is 1. The highest BCUT2D eigenvalue weighted by atomic mass is 16.5. The number of nitrogens with one attached hydrogen (secondary N) is 3. The first-order valence-electron chi connectivity index (χ1n) is 19.3. The van der Waals surface area contributed by atoms with Crippen LogP contribution in [0.2, 0.25) is 0 Å². The summed E-state index contributed by atoms with van der Waals surface area (Å²) in [5.74, 6) is -1.74. The van der Waals surface area contributed by atoms with Crippen LogP contribution in [0.1, 0.15) is 79.7 Å². The van der Waals surface area contributed by atoms with Gasteiger partial charge in [-0.3, -0.25) is 19.2 Å². The molecule has 0 radical (unpaired) electrons. The molecule has 2 rings (SSSR count). The van der Waals surface area contributed by atoms with Crippen molar-refractivity contribution in [2.45, 2.75) is 123 Å². The molecule has 0 spiro atoms. The molecule has 1 saturated heterocycles. The molecule has 0 aromatic heterocycles. The van der Waals surface area contributed by atoms with Gasteiger partial charge in [0, 0.05) is 51.0 Å². The number of rotatable bonds is 22. The Labute approximate surface area is 322 Å². The number of nitrogen functional groups attached to an aromatic ring is 1. The Balaban J connectivity index is 2.27. The van der Waals surface area contributed by atoms with Gasteiger partial charge in [-0.25, -0.2) is 0 Å². The molecule has 0 saturated carbocycles. The van der Waals surface area contributed by atoms with Crippen LogP contribution in [0.25, 0.3) is 10.4 Å². The average molecular weight is 758 g/mol. The second kappa shape index (κ2) is 22.5. The first-order chi connectivity index (χ1) is 25.6. The lowest BCUT2D eigenvalue weighted by molar-refractivity contribution is -0.147. The van der Waals surface area contributed by atoms with Gasteiger partial charge >= 0.3 is 0 Å². The van der Waals surface area contributed by atoms with Gasteiger partial charge in [-0.05, 0) is 67.3 Å². The first-order valence-corrected chi connectivity index (χ1v) is 19.3. The van der Waals surface area contributed by atoms with Gasteiger partial charge in [0.2, 0.25) is 23.6 Å². The minimum absolute atomic E-state index is 0.0142. The van der Waals surface area contributed by atoms with E-state index in [1.165, 1.54) is 0 Å². The summed E-state index contributed by atoms with van der Waals surface area (Å²) in [6.07, 6.45) is 1.34. The molecule has 4 amide bonds. The zero-order chi connectivity index (χ0) is 40.7. The van der Waals surface area contributed by atoms with Crippen molar-refractivity contribution in [1.29, 1.82) is 0 Å². The lowest BCUT2D eigenvalue weighted by Crippen LogP contribution is -2.59. The number of carbonyl (C=O) groups is 4. The molecule has 9 atom stereocenters. The summed E-state index contributed by atoms with van der Waals surface area (Å²) in [4.78, 5) is 61.5. The van der Waals surface area contributed by atoms with Gasteiger partial charge in [0.15, 0.2) is 0 Å². The number of hydrogen-bond donors (Lipinski definition) is 4. The second-order valence-corrected chi connectivity index (χ2v) is 15.4. The molecule has 15 nitrogen and oxygen atoms in total. The number of ether oxygens (including phenoxy) is 2. The number of likely N-dealkylation sites (N-methyl/N-ethyl adjacent to an activating group) is 2. The molecule has 1 aromatic rings. The fraction of sp³-hybridized carbons (Fsp3) is 0.744. The predicted octanol–water partition coefficient (Wildman–Crippen LogP) is 3.91. The quantitative estimate of drug-likeness (QED) is 0.0590. The summed E-state index contributed by atoms with van der Waals surface area (Å²) in [5.41, 5.74) is 16.4. The Morgan fingerprint density at radius 3 is 2.15 bits per heavy atom. The van der Waals surface area contributed by atoms with E-state index in [-0.39, 0.29) is 60.4 Å². The van der Waals surface area contributed by atoms with E-state index in [1.54, 1.807) is 57.2 Å². The Bertz CT molecular complexity index is 1400. The van der Waals surface area contributed by atoms with Gasteiger partial charge in [-0.15, -0.1) is 0 Å². The second-order valence-electron chi connectivity index (χ2n) is 15.4. The molecular weight excluding hydrogens is 690 g/mol. The maximum absolute atomic E-state index is 14.2. The molecule has 304 valence electrons. The molecule has 1 fully saturated rings. The maximum Gasteiger partial charge on any atom is 0.245 e. The summed E-state index contributed by atoms with van der Waals surface area (Å²) >= 11 is 0. The molecule has 15 heteroatoms. The molecule has 1 aliphatic rings. The molecular formula is C39H67N9O6. The van der Waals surface area contributed by atoms with Crippen LogP contribution in [0.4, 0.5) is 5.69 Å². The van der Waals surface area contributed by atoms with Gasteiger partial charge in [0.05, 0.1) is 42.7 Å². The van der Waals surface area contributed by atoms with Gasteiger partial charge < -0.3 is 41.0 Å². The van der Waals surface area contributed by atoms with Crippen molar-refractivity contribution in [3.8, 4) is 0 Å². The van der Waals surface area contributed by atoms with E-state index in [1.807, 2.05) is 53.7 Å². The highest BCUT2D eigenvalue weighted by Crippen LogP contribution is 2.30. The first kappa shape index (κ1) is 46.2. The average Bonchev–Trinajstić information content (AvgIpc) is 3.62. The normalized spacial score (nSPS) is 18.8. The van der Waals surface area contributed by atoms with Crippen molar-refractivity contribution in [2.24, 2.45) is 28.8 Å². The van der Waals surface area contributed by atoms with Crippen LogP contribution >= 0.6 is 0 Å². The molecule has 1 aromatic carbocycles. The number of azide groups is 1. The smallest absolute Gasteiger partial charge is 0.245 e. The summed E-state index contributed by atoms with van der Waals surface area (Å²) in [7, 11) is 6.54. The lowest BCUT2D eigenvalue weighted by atomic mass is 9.89. The largest absolute Gasteiger partial charge is 0.399 e. The molecule has 0 bridgehead atoms. The number of anilines is 1. The van der Waals surface area contributed by atoms with Crippen LogP contribution in [0.15, 0.2) is 29.4 Å². The van der Waals surface area contributed by atoms with Crippen molar-refractivity contribution in [1.82, 2.24) is 25.8 Å². The van der Waals surface area contributed by atoms with E-state index < -0.39 is 42.3 Å². The van der Waals surface area contributed by atoms with Crippen molar-refractivity contribution in [3.05, 3.63) is 40.3 Å². The van der Waals surface area contributed by atoms with E-state index in [2.05, 4.69) is 26.0 Å². The number of amides is 4. The molecule has 5 N–H and O–H groups in total. The molecule has 0 unspecified atom stereocenters. The van der Waals surface area contributed by atoms with Gasteiger partial charge in [-0.1, -0.05) is 72.1 Å². The lowest BCUT2D eigenvalue weighted by Gasteiger charge is -2.41. The van der Waals surface area contributed by atoms with E-state index in [0.29, 0.717) is 25.1 Å². The molecule has 54 heavy (non-hydrogen) atoms. The monoisotopic (exact) mass is 758 g/mol. The summed E-state index contributed by atoms with van der Waals surface area (Å²) in [6, 6.07) is 4.79. The topological polar surface area (TPSA) is 204 Å². The van der Waals surface area contributed by atoms with E-state index >= 15 is 0 Å². The highest BCUT2D eigenvalue weighted by molar-refractivity contribution is 5.90. The van der Waals surface area contributed by atoms with Crippen molar-refractivity contribution < 1.29 is 28.7 Å². The number of methoxy groups -OCH3 is 2. The van der Waals surface area contributed by atoms with Crippen LogP contribution < -0.4 is 21.7 Å². The van der Waals surface area contributed by atoms with Crippen LogP contribution in [0.5, 0.6) is 0 Å². The number of likely N-dealkylation sites (tertiary alicyclic amines) is 1. The summed E-state index contributed by atoms with van der Waals surface area (Å²) in [5, 5.41) is 12.8. The predicted molar refractivity (Wildman–Crippen MR) is 211 cm³/mol. The van der Waals surface area contributed by atoms with Crippen molar-refractivity contribution >= 4 is 29.3 Å². The van der Waals surface area contributed by atoms with Crippen LogP contribution in [-0.4, -0.2) is 117 Å². The standard InChI is InChI=1S/C39H67N9O6/c1-12-25(6)35(47(9)39(52)34(24(4)5)45-38(51)33(42-8)23(2)3)31(53-10)21-32(49)48-19-13-14-30(48)36(54-11)26(7)37(50)44-29(22-43-46-41)20-27-15-17-28(40)18-16-27/h15-18,23-26,29-31,33-36,42H,12-14,19-22,40H2,1-11H3,(H,44,50)(H,45,51)/t25-,26+,29-,30-,31+,33-,34-,35-,36+/m0/s1. The fourth-order valence-electron chi connectivity index (χ4n) is 7.62. The van der Waals surface area contributed by atoms with Gasteiger partial charge in [0.25, 0.3) is 0 Å². The highest BCUT2D eigenvalue weighted by Gasteiger charge is 2.43. The maximum atomic E-state index is 14.2. The van der Waals surface area contributed by atoms with Crippen molar-refractivity contribution in [2.75, 3.05) is 47.1 Å². The number of nitrogens with two attached hydrogens (primary N) is 1. The Kier molecular flexibility index (Phi) is 19.2.